The van der Waals surface area contributed by atoms with Crippen LogP contribution in [0.2, 0.25) is 0 Å². The van der Waals surface area contributed by atoms with Crippen molar-refractivity contribution in [3.8, 4) is 61.6 Å². The van der Waals surface area contributed by atoms with Gasteiger partial charge in [0.2, 0.25) is 0 Å². The van der Waals surface area contributed by atoms with Crippen molar-refractivity contribution in [2.75, 3.05) is 0 Å². The molecule has 10 rings (SSSR count). The predicted molar refractivity (Wildman–Crippen MR) is 218 cm³/mol. The lowest BCUT2D eigenvalue weighted by Gasteiger charge is -2.21. The number of fused-ring (bicyclic) bond motifs is 6. The summed E-state index contributed by atoms with van der Waals surface area (Å²) in [6.07, 6.45) is 0. The summed E-state index contributed by atoms with van der Waals surface area (Å²) in [7, 11) is 0. The summed E-state index contributed by atoms with van der Waals surface area (Å²) < 4.78 is 2.42. The van der Waals surface area contributed by atoms with Gasteiger partial charge in [0.1, 0.15) is 0 Å². The molecule has 0 radical (unpaired) electrons. The van der Waals surface area contributed by atoms with Crippen molar-refractivity contribution in [2.45, 2.75) is 19.3 Å². The van der Waals surface area contributed by atoms with E-state index >= 15 is 0 Å². The van der Waals surface area contributed by atoms with Gasteiger partial charge in [-0.3, -0.25) is 0 Å². The zero-order chi connectivity index (χ0) is 34.8. The molecule has 2 nitrogen and oxygen atoms in total. The van der Waals surface area contributed by atoms with Crippen molar-refractivity contribution in [3.05, 3.63) is 193 Å². The largest absolute Gasteiger partial charge is 0.309 e. The van der Waals surface area contributed by atoms with Crippen LogP contribution in [0.15, 0.2) is 182 Å². The summed E-state index contributed by atoms with van der Waals surface area (Å²) in [4.78, 5) is 5.37. The lowest BCUT2D eigenvalue weighted by molar-refractivity contribution is 0.660. The average molecular weight is 665 g/mol. The van der Waals surface area contributed by atoms with Gasteiger partial charge in [-0.15, -0.1) is 0 Å². The number of nitrogens with zero attached hydrogens (tertiary/aromatic N) is 2. The quantitative estimate of drug-likeness (QED) is 0.179. The topological polar surface area (TPSA) is 17.8 Å². The Balaban J connectivity index is 1.21. The molecular weight excluding hydrogens is 629 g/mol. The van der Waals surface area contributed by atoms with Gasteiger partial charge in [0.25, 0.3) is 0 Å². The number of rotatable bonds is 5. The smallest absolute Gasteiger partial charge is 0.0737 e. The molecule has 2 heterocycles. The first-order valence-corrected chi connectivity index (χ1v) is 18.1. The van der Waals surface area contributed by atoms with E-state index in [0.29, 0.717) is 0 Å². The fraction of sp³-hybridized carbons (Fsp3) is 0.0600. The second kappa shape index (κ2) is 11.8. The summed E-state index contributed by atoms with van der Waals surface area (Å²) in [5, 5.41) is 2.43. The van der Waals surface area contributed by atoms with Crippen LogP contribution in [0.1, 0.15) is 25.0 Å². The normalized spacial score (nSPS) is 13.0. The van der Waals surface area contributed by atoms with Crippen molar-refractivity contribution in [1.29, 1.82) is 0 Å². The maximum atomic E-state index is 5.37. The lowest BCUT2D eigenvalue weighted by atomic mass is 9.82. The second-order valence-corrected chi connectivity index (χ2v) is 14.4. The molecule has 0 N–H and O–H groups in total. The zero-order valence-electron chi connectivity index (χ0n) is 29.2. The van der Waals surface area contributed by atoms with E-state index < -0.39 is 0 Å². The molecule has 52 heavy (non-hydrogen) atoms. The van der Waals surface area contributed by atoms with Crippen molar-refractivity contribution in [1.82, 2.24) is 9.55 Å². The van der Waals surface area contributed by atoms with Crippen LogP contribution < -0.4 is 0 Å². The molecule has 0 unspecified atom stereocenters. The van der Waals surface area contributed by atoms with Crippen LogP contribution in [0.25, 0.3) is 83.4 Å². The van der Waals surface area contributed by atoms with Crippen LogP contribution in [-0.4, -0.2) is 9.55 Å². The fourth-order valence-electron chi connectivity index (χ4n) is 8.42. The molecule has 2 heteroatoms. The lowest BCUT2D eigenvalue weighted by Crippen LogP contribution is -2.14. The maximum Gasteiger partial charge on any atom is 0.0737 e. The van der Waals surface area contributed by atoms with Gasteiger partial charge < -0.3 is 4.57 Å². The van der Waals surface area contributed by atoms with E-state index in [0.717, 1.165) is 39.3 Å². The Labute approximate surface area is 304 Å². The van der Waals surface area contributed by atoms with Crippen LogP contribution in [0.3, 0.4) is 0 Å². The summed E-state index contributed by atoms with van der Waals surface area (Å²) in [6, 6.07) is 65.9. The van der Waals surface area contributed by atoms with Crippen molar-refractivity contribution in [3.63, 3.8) is 0 Å². The Morgan fingerprint density at radius 3 is 1.81 bits per heavy atom. The Morgan fingerprint density at radius 1 is 0.404 bits per heavy atom. The Hall–Kier alpha value is -6.51. The first-order valence-electron chi connectivity index (χ1n) is 18.1. The van der Waals surface area contributed by atoms with Crippen molar-refractivity contribution in [2.24, 2.45) is 0 Å². The van der Waals surface area contributed by atoms with Gasteiger partial charge in [-0.1, -0.05) is 153 Å². The third kappa shape index (κ3) is 4.76. The Bertz CT molecular complexity index is 2730. The second-order valence-electron chi connectivity index (χ2n) is 14.4. The molecule has 7 aromatic carbocycles. The number of para-hydroxylation sites is 2. The first kappa shape index (κ1) is 30.3. The molecule has 2 aromatic heterocycles. The Morgan fingerprint density at radius 2 is 1.02 bits per heavy atom. The van der Waals surface area contributed by atoms with E-state index in [1.54, 1.807) is 0 Å². The minimum absolute atomic E-state index is 0.0137. The standard InChI is InChI=1S/C50H36N2/c1-50(2)44-24-13-12-21-39(44)42-29-35(25-27-45(42)50)36-26-28-48-43(30-36)40-22-14-23-41(49(40)52(48)38-19-10-5-11-20-38)47-32-37(33-15-6-3-7-16-33)31-46(51-47)34-17-8-4-9-18-34/h3-32H,1-2H3. The number of pyridine rings is 1. The van der Waals surface area contributed by atoms with Gasteiger partial charge >= 0.3 is 0 Å². The van der Waals surface area contributed by atoms with E-state index in [4.69, 9.17) is 4.98 Å². The molecule has 0 saturated carbocycles. The van der Waals surface area contributed by atoms with Crippen LogP contribution in [0.4, 0.5) is 0 Å². The Kier molecular flexibility index (Phi) is 6.87. The van der Waals surface area contributed by atoms with Gasteiger partial charge in [0.15, 0.2) is 0 Å². The minimum atomic E-state index is -0.0137. The van der Waals surface area contributed by atoms with Crippen molar-refractivity contribution < 1.29 is 0 Å². The highest BCUT2D eigenvalue weighted by molar-refractivity contribution is 6.14. The summed E-state index contributed by atoms with van der Waals surface area (Å²) >= 11 is 0. The van der Waals surface area contributed by atoms with E-state index in [9.17, 15) is 0 Å². The van der Waals surface area contributed by atoms with Crippen LogP contribution in [-0.2, 0) is 5.41 Å². The third-order valence-electron chi connectivity index (χ3n) is 11.0. The average Bonchev–Trinajstić information content (AvgIpc) is 3.66. The first-order chi connectivity index (χ1) is 25.5. The maximum absolute atomic E-state index is 5.37. The highest BCUT2D eigenvalue weighted by Gasteiger charge is 2.35. The summed E-state index contributed by atoms with van der Waals surface area (Å²) in [6.45, 7) is 4.68. The van der Waals surface area contributed by atoms with E-state index in [2.05, 4.69) is 200 Å². The molecule has 246 valence electrons. The SMILES string of the molecule is CC1(C)c2ccccc2-c2cc(-c3ccc4c(c3)c3cccc(-c5cc(-c6ccccc6)cc(-c6ccccc6)n5)c3n4-c3ccccc3)ccc21. The van der Waals surface area contributed by atoms with Gasteiger partial charge in [-0.05, 0) is 87.0 Å². The fourth-order valence-corrected chi connectivity index (χ4v) is 8.42. The van der Waals surface area contributed by atoms with Crippen LogP contribution in [0, 0.1) is 0 Å². The molecule has 0 amide bonds. The third-order valence-corrected chi connectivity index (χ3v) is 11.0. The summed E-state index contributed by atoms with van der Waals surface area (Å²) in [5.74, 6) is 0. The minimum Gasteiger partial charge on any atom is -0.309 e. The molecular formula is C50H36N2. The molecule has 1 aliphatic rings. The van der Waals surface area contributed by atoms with Gasteiger partial charge in [0.05, 0.1) is 22.4 Å². The van der Waals surface area contributed by atoms with Crippen LogP contribution >= 0.6 is 0 Å². The molecule has 0 saturated heterocycles. The monoisotopic (exact) mass is 664 g/mol. The molecule has 9 aromatic rings. The number of benzene rings is 7. The molecule has 0 fully saturated rings. The van der Waals surface area contributed by atoms with Gasteiger partial charge in [0, 0.05) is 33.0 Å². The van der Waals surface area contributed by atoms with Crippen LogP contribution in [0.5, 0.6) is 0 Å². The number of hydrogen-bond acceptors (Lipinski definition) is 1. The molecule has 0 aliphatic heterocycles. The molecule has 0 atom stereocenters. The van der Waals surface area contributed by atoms with Gasteiger partial charge in [-0.2, -0.15) is 0 Å². The number of aromatic nitrogens is 2. The van der Waals surface area contributed by atoms with E-state index in [-0.39, 0.29) is 5.41 Å². The molecule has 0 spiro atoms. The highest BCUT2D eigenvalue weighted by atomic mass is 15.0. The predicted octanol–water partition coefficient (Wildman–Crippen LogP) is 13.2. The van der Waals surface area contributed by atoms with E-state index in [1.165, 1.54) is 55.2 Å². The van der Waals surface area contributed by atoms with E-state index in [1.807, 2.05) is 0 Å². The molecule has 0 bridgehead atoms. The van der Waals surface area contributed by atoms with Crippen molar-refractivity contribution >= 4 is 21.8 Å². The summed E-state index contributed by atoms with van der Waals surface area (Å²) in [5.41, 5.74) is 17.8. The molecule has 1 aliphatic carbocycles. The number of hydrogen-bond donors (Lipinski definition) is 0. The van der Waals surface area contributed by atoms with Gasteiger partial charge in [-0.25, -0.2) is 4.98 Å². The highest BCUT2D eigenvalue weighted by Crippen LogP contribution is 2.50. The zero-order valence-corrected chi connectivity index (χ0v) is 29.2.